The van der Waals surface area contributed by atoms with Crippen LogP contribution in [-0.4, -0.2) is 40.6 Å². The maximum atomic E-state index is 13.4. The molecule has 1 aliphatic rings. The molecule has 1 saturated heterocycles. The van der Waals surface area contributed by atoms with Gasteiger partial charge in [-0.25, -0.2) is 18.1 Å². The molecule has 1 fully saturated rings. The number of aryl methyl sites for hydroxylation is 2. The standard InChI is InChI=1S/C25H24N4O3S/c1-16-8-10-19(11-9-16)26-25(30)21-14-22(18-6-4-3-5-7-18)27-24-23(21)17(2)28-29(24)20-12-13-33(31,32)15-20/h3-11,14,20H,12-13,15H2,1-2H3,(H,26,30). The van der Waals surface area contributed by atoms with Crippen molar-refractivity contribution in [2.24, 2.45) is 0 Å². The highest BCUT2D eigenvalue weighted by Gasteiger charge is 2.32. The van der Waals surface area contributed by atoms with E-state index in [2.05, 4.69) is 10.4 Å². The van der Waals surface area contributed by atoms with Gasteiger partial charge in [-0.3, -0.25) is 4.79 Å². The number of rotatable bonds is 4. The molecule has 33 heavy (non-hydrogen) atoms. The van der Waals surface area contributed by atoms with Crippen LogP contribution in [0.5, 0.6) is 0 Å². The van der Waals surface area contributed by atoms with Gasteiger partial charge in [-0.15, -0.1) is 0 Å². The molecular formula is C25H24N4O3S. The quantitative estimate of drug-likeness (QED) is 0.489. The number of carbonyl (C=O) groups excluding carboxylic acids is 1. The van der Waals surface area contributed by atoms with Crippen molar-refractivity contribution in [1.29, 1.82) is 0 Å². The second kappa shape index (κ2) is 8.12. The zero-order valence-corrected chi connectivity index (χ0v) is 19.3. The van der Waals surface area contributed by atoms with Crippen LogP contribution >= 0.6 is 0 Å². The molecule has 0 radical (unpaired) electrons. The van der Waals surface area contributed by atoms with Gasteiger partial charge < -0.3 is 5.32 Å². The van der Waals surface area contributed by atoms with Crippen LogP contribution in [0.2, 0.25) is 0 Å². The van der Waals surface area contributed by atoms with Crippen LogP contribution in [-0.2, 0) is 9.84 Å². The van der Waals surface area contributed by atoms with Gasteiger partial charge >= 0.3 is 0 Å². The number of carbonyl (C=O) groups is 1. The molecular weight excluding hydrogens is 436 g/mol. The van der Waals surface area contributed by atoms with E-state index in [1.807, 2.05) is 68.4 Å². The number of anilines is 1. The summed E-state index contributed by atoms with van der Waals surface area (Å²) in [6.45, 7) is 3.82. The van der Waals surface area contributed by atoms with Crippen molar-refractivity contribution >= 4 is 32.5 Å². The van der Waals surface area contributed by atoms with Crippen molar-refractivity contribution in [1.82, 2.24) is 14.8 Å². The van der Waals surface area contributed by atoms with Gasteiger partial charge in [-0.2, -0.15) is 5.10 Å². The van der Waals surface area contributed by atoms with Crippen LogP contribution in [0.4, 0.5) is 5.69 Å². The van der Waals surface area contributed by atoms with E-state index in [1.165, 1.54) is 0 Å². The fraction of sp³-hybridized carbons (Fsp3) is 0.240. The third kappa shape index (κ3) is 4.14. The van der Waals surface area contributed by atoms with Gasteiger partial charge in [0.15, 0.2) is 15.5 Å². The largest absolute Gasteiger partial charge is 0.322 e. The molecule has 5 rings (SSSR count). The number of fused-ring (bicyclic) bond motifs is 1. The molecule has 2 aromatic heterocycles. The Labute approximate surface area is 192 Å². The monoisotopic (exact) mass is 460 g/mol. The highest BCUT2D eigenvalue weighted by atomic mass is 32.2. The fourth-order valence-electron chi connectivity index (χ4n) is 4.31. The lowest BCUT2D eigenvalue weighted by Crippen LogP contribution is -2.15. The van der Waals surface area contributed by atoms with E-state index in [9.17, 15) is 13.2 Å². The Kier molecular flexibility index (Phi) is 5.25. The highest BCUT2D eigenvalue weighted by molar-refractivity contribution is 7.91. The lowest BCUT2D eigenvalue weighted by atomic mass is 10.0. The predicted octanol–water partition coefficient (Wildman–Crippen LogP) is 4.33. The van der Waals surface area contributed by atoms with E-state index >= 15 is 0 Å². The van der Waals surface area contributed by atoms with Gasteiger partial charge in [0.2, 0.25) is 0 Å². The Morgan fingerprint density at radius 1 is 1.06 bits per heavy atom. The normalized spacial score (nSPS) is 17.3. The van der Waals surface area contributed by atoms with Crippen LogP contribution in [0.1, 0.15) is 34.1 Å². The van der Waals surface area contributed by atoms with Crippen LogP contribution in [0.3, 0.4) is 0 Å². The molecule has 0 bridgehead atoms. The molecule has 0 saturated carbocycles. The number of pyridine rings is 1. The minimum atomic E-state index is -3.10. The summed E-state index contributed by atoms with van der Waals surface area (Å²) in [7, 11) is -3.10. The highest BCUT2D eigenvalue weighted by Crippen LogP contribution is 2.32. The van der Waals surface area contributed by atoms with Crippen LogP contribution < -0.4 is 5.32 Å². The van der Waals surface area contributed by atoms with Crippen molar-refractivity contribution in [2.45, 2.75) is 26.3 Å². The van der Waals surface area contributed by atoms with Crippen molar-refractivity contribution in [3.63, 3.8) is 0 Å². The van der Waals surface area contributed by atoms with Gasteiger partial charge in [0.1, 0.15) is 0 Å². The van der Waals surface area contributed by atoms with Gasteiger partial charge in [0.05, 0.1) is 39.9 Å². The smallest absolute Gasteiger partial charge is 0.256 e. The van der Waals surface area contributed by atoms with Crippen molar-refractivity contribution in [2.75, 3.05) is 16.8 Å². The van der Waals surface area contributed by atoms with E-state index in [4.69, 9.17) is 4.98 Å². The first-order chi connectivity index (χ1) is 15.8. The lowest BCUT2D eigenvalue weighted by Gasteiger charge is -2.12. The fourth-order valence-corrected chi connectivity index (χ4v) is 6.00. The van der Waals surface area contributed by atoms with Crippen LogP contribution in [0.25, 0.3) is 22.3 Å². The zero-order chi connectivity index (χ0) is 23.2. The molecule has 8 heteroatoms. The minimum absolute atomic E-state index is 0.0331. The van der Waals surface area contributed by atoms with E-state index in [1.54, 1.807) is 10.7 Å². The average molecular weight is 461 g/mol. The number of nitrogens with one attached hydrogen (secondary N) is 1. The Morgan fingerprint density at radius 2 is 1.79 bits per heavy atom. The average Bonchev–Trinajstić information content (AvgIpc) is 3.34. The number of amides is 1. The summed E-state index contributed by atoms with van der Waals surface area (Å²) >= 11 is 0. The van der Waals surface area contributed by atoms with Gasteiger partial charge in [0, 0.05) is 11.3 Å². The molecule has 1 aliphatic heterocycles. The molecule has 7 nitrogen and oxygen atoms in total. The van der Waals surface area contributed by atoms with Crippen molar-refractivity contribution in [3.8, 4) is 11.3 Å². The Morgan fingerprint density at radius 3 is 2.45 bits per heavy atom. The van der Waals surface area contributed by atoms with Crippen LogP contribution in [0, 0.1) is 13.8 Å². The third-order valence-electron chi connectivity index (χ3n) is 6.01. The number of aromatic nitrogens is 3. The molecule has 1 unspecified atom stereocenters. The summed E-state index contributed by atoms with van der Waals surface area (Å²) in [5.74, 6) is -0.0899. The molecule has 0 aliphatic carbocycles. The summed E-state index contributed by atoms with van der Waals surface area (Å²) in [6.07, 6.45) is 0.487. The summed E-state index contributed by atoms with van der Waals surface area (Å²) in [5.41, 5.74) is 4.95. The summed E-state index contributed by atoms with van der Waals surface area (Å²) < 4.78 is 25.9. The van der Waals surface area contributed by atoms with E-state index < -0.39 is 9.84 Å². The Balaban J connectivity index is 1.67. The van der Waals surface area contributed by atoms with Crippen molar-refractivity contribution < 1.29 is 13.2 Å². The van der Waals surface area contributed by atoms with Crippen molar-refractivity contribution in [3.05, 3.63) is 77.5 Å². The second-order valence-corrected chi connectivity index (χ2v) is 10.8. The number of hydrogen-bond donors (Lipinski definition) is 1. The molecule has 3 heterocycles. The summed E-state index contributed by atoms with van der Waals surface area (Å²) in [5, 5.41) is 8.26. The SMILES string of the molecule is Cc1ccc(NC(=O)c2cc(-c3ccccc3)nc3c2c(C)nn3C2CCS(=O)(=O)C2)cc1. The number of hydrogen-bond acceptors (Lipinski definition) is 5. The second-order valence-electron chi connectivity index (χ2n) is 8.53. The molecule has 4 aromatic rings. The maximum Gasteiger partial charge on any atom is 0.256 e. The van der Waals surface area contributed by atoms with Gasteiger partial charge in [0.25, 0.3) is 5.91 Å². The van der Waals surface area contributed by atoms with Gasteiger partial charge in [-0.1, -0.05) is 48.0 Å². The van der Waals surface area contributed by atoms with E-state index in [0.29, 0.717) is 40.1 Å². The summed E-state index contributed by atoms with van der Waals surface area (Å²) in [4.78, 5) is 18.3. The Bertz CT molecular complexity index is 1460. The zero-order valence-electron chi connectivity index (χ0n) is 18.4. The van der Waals surface area contributed by atoms with Crippen LogP contribution in [0.15, 0.2) is 60.7 Å². The number of nitrogens with zero attached hydrogens (tertiary/aromatic N) is 3. The van der Waals surface area contributed by atoms with Gasteiger partial charge in [-0.05, 0) is 38.5 Å². The number of sulfone groups is 1. The molecule has 1 N–H and O–H groups in total. The molecule has 0 spiro atoms. The lowest BCUT2D eigenvalue weighted by molar-refractivity contribution is 0.102. The Hall–Kier alpha value is -3.52. The first-order valence-electron chi connectivity index (χ1n) is 10.8. The first-order valence-corrected chi connectivity index (χ1v) is 12.7. The van der Waals surface area contributed by atoms with E-state index in [0.717, 1.165) is 11.1 Å². The third-order valence-corrected chi connectivity index (χ3v) is 7.77. The molecule has 1 amide bonds. The first kappa shape index (κ1) is 21.3. The maximum absolute atomic E-state index is 13.4. The summed E-state index contributed by atoms with van der Waals surface area (Å²) in [6, 6.07) is 18.7. The van der Waals surface area contributed by atoms with E-state index in [-0.39, 0.29) is 23.5 Å². The molecule has 168 valence electrons. The number of benzene rings is 2. The minimum Gasteiger partial charge on any atom is -0.322 e. The molecule has 2 aromatic carbocycles. The molecule has 1 atom stereocenters. The topological polar surface area (TPSA) is 93.9 Å². The predicted molar refractivity (Wildman–Crippen MR) is 129 cm³/mol.